The molecule has 8 heteroatoms. The first kappa shape index (κ1) is 15.9. The van der Waals surface area contributed by atoms with Crippen molar-refractivity contribution in [3.05, 3.63) is 22.4 Å². The van der Waals surface area contributed by atoms with Crippen LogP contribution in [0.2, 0.25) is 0 Å². The second-order valence-corrected chi connectivity index (χ2v) is 8.64. The molecule has 1 amide bonds. The number of ether oxygens (including phenoxy) is 1. The highest BCUT2D eigenvalue weighted by Crippen LogP contribution is 2.42. The van der Waals surface area contributed by atoms with Crippen LogP contribution in [0.25, 0.3) is 0 Å². The first-order valence-corrected chi connectivity index (χ1v) is 10.1. The van der Waals surface area contributed by atoms with Crippen molar-refractivity contribution in [2.75, 3.05) is 32.5 Å². The van der Waals surface area contributed by atoms with Crippen LogP contribution in [0, 0.1) is 5.92 Å². The Morgan fingerprint density at radius 1 is 1.55 bits per heavy atom. The van der Waals surface area contributed by atoms with Gasteiger partial charge < -0.3 is 9.64 Å². The summed E-state index contributed by atoms with van der Waals surface area (Å²) in [5, 5.41) is 3.75. The van der Waals surface area contributed by atoms with Gasteiger partial charge >= 0.3 is 0 Å². The number of hydrogen-bond acceptors (Lipinski definition) is 5. The van der Waals surface area contributed by atoms with E-state index >= 15 is 0 Å². The van der Waals surface area contributed by atoms with Gasteiger partial charge in [-0.1, -0.05) is 0 Å². The second-order valence-electron chi connectivity index (χ2n) is 6.03. The van der Waals surface area contributed by atoms with E-state index in [0.29, 0.717) is 32.2 Å². The Labute approximate surface area is 134 Å². The van der Waals surface area contributed by atoms with Crippen LogP contribution in [0.15, 0.2) is 16.8 Å². The summed E-state index contributed by atoms with van der Waals surface area (Å²) in [6, 6.07) is 1.83. The molecule has 0 aromatic carbocycles. The van der Waals surface area contributed by atoms with Crippen LogP contribution < -0.4 is 4.72 Å². The van der Waals surface area contributed by atoms with Crippen LogP contribution in [0.1, 0.15) is 23.2 Å². The van der Waals surface area contributed by atoms with Crippen molar-refractivity contribution in [2.45, 2.75) is 18.4 Å². The smallest absolute Gasteiger partial charge is 0.254 e. The van der Waals surface area contributed by atoms with Gasteiger partial charge in [-0.25, -0.2) is 13.1 Å². The monoisotopic (exact) mass is 344 g/mol. The van der Waals surface area contributed by atoms with Crippen molar-refractivity contribution in [3.63, 3.8) is 0 Å². The third-order valence-electron chi connectivity index (χ3n) is 4.43. The quantitative estimate of drug-likeness (QED) is 0.862. The summed E-state index contributed by atoms with van der Waals surface area (Å²) in [6.07, 6.45) is 2.83. The van der Waals surface area contributed by atoms with Crippen LogP contribution in [-0.2, 0) is 14.8 Å². The molecule has 3 heterocycles. The molecule has 22 heavy (non-hydrogen) atoms. The Kier molecular flexibility index (Phi) is 4.28. The number of amides is 1. The Morgan fingerprint density at radius 3 is 2.95 bits per heavy atom. The van der Waals surface area contributed by atoms with Crippen LogP contribution >= 0.6 is 11.3 Å². The van der Waals surface area contributed by atoms with E-state index in [0.717, 1.165) is 18.4 Å². The molecule has 1 N–H and O–H groups in total. The standard InChI is InChI=1S/C14H20N2O4S2/c1-22(18,19)15-5-2-12-3-6-20-14(12)9-16(10-14)13(17)11-4-7-21-8-11/h4,7-8,12,15H,2-3,5-6,9-10H2,1H3/t12-/m0/s1. The van der Waals surface area contributed by atoms with Gasteiger partial charge in [0, 0.05) is 18.5 Å². The molecule has 1 spiro atoms. The average Bonchev–Trinajstić information content (AvgIpc) is 3.03. The molecule has 0 unspecified atom stereocenters. The van der Waals surface area contributed by atoms with E-state index < -0.39 is 10.0 Å². The summed E-state index contributed by atoms with van der Waals surface area (Å²) in [7, 11) is -3.15. The molecule has 0 saturated carbocycles. The zero-order chi connectivity index (χ0) is 15.8. The molecule has 1 aromatic heterocycles. The molecule has 0 radical (unpaired) electrons. The fraction of sp³-hybridized carbons (Fsp3) is 0.643. The van der Waals surface area contributed by atoms with E-state index in [9.17, 15) is 13.2 Å². The third-order valence-corrected chi connectivity index (χ3v) is 5.84. The molecule has 6 nitrogen and oxygen atoms in total. The van der Waals surface area contributed by atoms with Crippen molar-refractivity contribution >= 4 is 27.3 Å². The Hall–Kier alpha value is -0.960. The number of carbonyl (C=O) groups is 1. The first-order valence-electron chi connectivity index (χ1n) is 7.30. The third kappa shape index (κ3) is 3.19. The molecular formula is C14H20N2O4S2. The Morgan fingerprint density at radius 2 is 2.32 bits per heavy atom. The van der Waals surface area contributed by atoms with Gasteiger partial charge in [-0.2, -0.15) is 11.3 Å². The summed E-state index contributed by atoms with van der Waals surface area (Å²) in [4.78, 5) is 14.1. The topological polar surface area (TPSA) is 75.7 Å². The van der Waals surface area contributed by atoms with E-state index in [1.807, 2.05) is 21.7 Å². The summed E-state index contributed by atoms with van der Waals surface area (Å²) >= 11 is 1.51. The summed E-state index contributed by atoms with van der Waals surface area (Å²) < 4.78 is 30.7. The number of carbonyl (C=O) groups excluding carboxylic acids is 1. The lowest BCUT2D eigenvalue weighted by molar-refractivity contribution is -0.117. The fourth-order valence-corrected chi connectivity index (χ4v) is 4.39. The van der Waals surface area contributed by atoms with Gasteiger partial charge in [-0.3, -0.25) is 4.79 Å². The highest BCUT2D eigenvalue weighted by Gasteiger charge is 2.54. The van der Waals surface area contributed by atoms with Crippen LogP contribution in [0.4, 0.5) is 0 Å². The fourth-order valence-electron chi connectivity index (χ4n) is 3.27. The number of sulfonamides is 1. The van der Waals surface area contributed by atoms with Crippen molar-refractivity contribution in [1.29, 1.82) is 0 Å². The average molecular weight is 344 g/mol. The minimum Gasteiger partial charge on any atom is -0.371 e. The summed E-state index contributed by atoms with van der Waals surface area (Å²) in [6.45, 7) is 2.31. The van der Waals surface area contributed by atoms with Crippen LogP contribution in [-0.4, -0.2) is 57.3 Å². The molecule has 2 saturated heterocycles. The maximum atomic E-state index is 12.3. The minimum absolute atomic E-state index is 0.0513. The van der Waals surface area contributed by atoms with Gasteiger partial charge in [0.2, 0.25) is 10.0 Å². The zero-order valence-electron chi connectivity index (χ0n) is 12.4. The lowest BCUT2D eigenvalue weighted by atomic mass is 9.79. The molecule has 0 aliphatic carbocycles. The SMILES string of the molecule is CS(=O)(=O)NCC[C@H]1CCOC12CN(C(=O)c1ccsc1)C2. The Bertz CT molecular complexity index is 636. The molecular weight excluding hydrogens is 324 g/mol. The molecule has 1 aromatic rings. The van der Waals surface area contributed by atoms with E-state index in [1.54, 1.807) is 0 Å². The molecule has 2 aliphatic heterocycles. The van der Waals surface area contributed by atoms with E-state index in [-0.39, 0.29) is 11.5 Å². The van der Waals surface area contributed by atoms with E-state index in [1.165, 1.54) is 17.6 Å². The van der Waals surface area contributed by atoms with Gasteiger partial charge in [0.1, 0.15) is 5.60 Å². The zero-order valence-corrected chi connectivity index (χ0v) is 14.1. The maximum absolute atomic E-state index is 12.3. The largest absolute Gasteiger partial charge is 0.371 e. The minimum atomic E-state index is -3.15. The number of rotatable bonds is 5. The van der Waals surface area contributed by atoms with Gasteiger partial charge in [-0.15, -0.1) is 0 Å². The summed E-state index contributed by atoms with van der Waals surface area (Å²) in [5.41, 5.74) is 0.457. The lowest BCUT2D eigenvalue weighted by Gasteiger charge is -2.50. The molecule has 1 atom stereocenters. The Balaban J connectivity index is 1.55. The lowest BCUT2D eigenvalue weighted by Crippen LogP contribution is -2.66. The van der Waals surface area contributed by atoms with Gasteiger partial charge in [0.05, 0.1) is 24.9 Å². The normalized spacial score (nSPS) is 23.7. The number of thiophene rings is 1. The van der Waals surface area contributed by atoms with Crippen molar-refractivity contribution in [2.24, 2.45) is 5.92 Å². The molecule has 0 bridgehead atoms. The second kappa shape index (κ2) is 5.92. The number of nitrogens with one attached hydrogen (secondary N) is 1. The number of nitrogens with zero attached hydrogens (tertiary/aromatic N) is 1. The highest BCUT2D eigenvalue weighted by atomic mass is 32.2. The van der Waals surface area contributed by atoms with E-state index in [2.05, 4.69) is 4.72 Å². The van der Waals surface area contributed by atoms with Gasteiger partial charge in [0.25, 0.3) is 5.91 Å². The molecule has 2 aliphatic rings. The van der Waals surface area contributed by atoms with Crippen LogP contribution in [0.3, 0.4) is 0 Å². The first-order chi connectivity index (χ1) is 10.4. The van der Waals surface area contributed by atoms with Crippen molar-refractivity contribution in [3.8, 4) is 0 Å². The number of likely N-dealkylation sites (tertiary alicyclic amines) is 1. The van der Waals surface area contributed by atoms with Gasteiger partial charge in [-0.05, 0) is 30.2 Å². The predicted octanol–water partition coefficient (Wildman–Crippen LogP) is 0.919. The molecule has 122 valence electrons. The molecule has 3 rings (SSSR count). The van der Waals surface area contributed by atoms with Crippen molar-refractivity contribution in [1.82, 2.24) is 9.62 Å². The maximum Gasteiger partial charge on any atom is 0.254 e. The number of hydrogen-bond donors (Lipinski definition) is 1. The summed E-state index contributed by atoms with van der Waals surface area (Å²) in [5.74, 6) is 0.351. The van der Waals surface area contributed by atoms with Crippen LogP contribution in [0.5, 0.6) is 0 Å². The highest BCUT2D eigenvalue weighted by molar-refractivity contribution is 7.88. The molecule has 2 fully saturated rings. The predicted molar refractivity (Wildman–Crippen MR) is 84.5 cm³/mol. The van der Waals surface area contributed by atoms with Gasteiger partial charge in [0.15, 0.2) is 0 Å². The van der Waals surface area contributed by atoms with E-state index in [4.69, 9.17) is 4.74 Å². The van der Waals surface area contributed by atoms with Crippen molar-refractivity contribution < 1.29 is 17.9 Å².